The van der Waals surface area contributed by atoms with Gasteiger partial charge in [0.25, 0.3) is 5.91 Å². The molecule has 12 heteroatoms. The average molecular weight is 495 g/mol. The van der Waals surface area contributed by atoms with Gasteiger partial charge in [0.15, 0.2) is 15.5 Å². The molecule has 2 aromatic rings. The molecule has 0 spiro atoms. The highest BCUT2D eigenvalue weighted by atomic mass is 35.5. The zero-order valence-corrected chi connectivity index (χ0v) is 18.1. The van der Waals surface area contributed by atoms with Crippen LogP contribution in [0.25, 0.3) is 0 Å². The Morgan fingerprint density at radius 1 is 1.12 bits per heavy atom. The summed E-state index contributed by atoms with van der Waals surface area (Å²) in [6.07, 6.45) is -3.01. The molecule has 1 atom stereocenters. The summed E-state index contributed by atoms with van der Waals surface area (Å²) in [5.41, 5.74) is -3.86. The molecule has 0 radical (unpaired) electrons. The Morgan fingerprint density at radius 2 is 1.75 bits per heavy atom. The van der Waals surface area contributed by atoms with Gasteiger partial charge >= 0.3 is 6.18 Å². The fraction of sp³-hybridized carbons (Fsp3) is 0.200. The molecule has 0 saturated heterocycles. The predicted molar refractivity (Wildman–Crippen MR) is 111 cm³/mol. The molecule has 0 aliphatic rings. The highest BCUT2D eigenvalue weighted by molar-refractivity contribution is 7.93. The number of nitrogens with one attached hydrogen (secondary N) is 1. The van der Waals surface area contributed by atoms with Crippen LogP contribution in [0.15, 0.2) is 52.9 Å². The SMILES string of the molecule is C[C@H](/C=C/S(C)(=O)=O)NC(=O)c1cc(F)c(N=C(c2ccccc2Cl)C(F)(F)F)cc1F. The van der Waals surface area contributed by atoms with Crippen molar-refractivity contribution in [1.29, 1.82) is 0 Å². The number of halogens is 6. The smallest absolute Gasteiger partial charge is 0.346 e. The number of amides is 1. The third-order valence-corrected chi connectivity index (χ3v) is 4.87. The van der Waals surface area contributed by atoms with Gasteiger partial charge in [-0.15, -0.1) is 0 Å². The summed E-state index contributed by atoms with van der Waals surface area (Å²) in [7, 11) is -3.47. The minimum Gasteiger partial charge on any atom is -0.346 e. The van der Waals surface area contributed by atoms with Crippen molar-refractivity contribution in [3.8, 4) is 0 Å². The molecule has 0 saturated carbocycles. The van der Waals surface area contributed by atoms with E-state index in [9.17, 15) is 35.2 Å². The van der Waals surface area contributed by atoms with E-state index in [1.165, 1.54) is 25.1 Å². The van der Waals surface area contributed by atoms with Gasteiger partial charge < -0.3 is 5.32 Å². The largest absolute Gasteiger partial charge is 0.434 e. The van der Waals surface area contributed by atoms with Gasteiger partial charge in [-0.1, -0.05) is 35.9 Å². The van der Waals surface area contributed by atoms with Crippen LogP contribution >= 0.6 is 11.6 Å². The molecule has 32 heavy (non-hydrogen) atoms. The molecule has 0 unspecified atom stereocenters. The third-order valence-electron chi connectivity index (χ3n) is 3.88. The molecular weight excluding hydrogens is 479 g/mol. The first kappa shape index (κ1) is 25.5. The zero-order valence-electron chi connectivity index (χ0n) is 16.5. The van der Waals surface area contributed by atoms with E-state index in [1.54, 1.807) is 0 Å². The van der Waals surface area contributed by atoms with E-state index < -0.39 is 62.1 Å². The Morgan fingerprint density at radius 3 is 2.31 bits per heavy atom. The van der Waals surface area contributed by atoms with Crippen molar-refractivity contribution in [2.24, 2.45) is 4.99 Å². The van der Waals surface area contributed by atoms with Gasteiger partial charge in [0.05, 0.1) is 5.56 Å². The van der Waals surface area contributed by atoms with E-state index in [0.717, 1.165) is 23.8 Å². The molecule has 0 aliphatic heterocycles. The molecule has 0 heterocycles. The molecule has 1 amide bonds. The first-order valence-corrected chi connectivity index (χ1v) is 11.1. The maximum atomic E-state index is 14.4. The van der Waals surface area contributed by atoms with Crippen LogP contribution in [-0.4, -0.2) is 38.5 Å². The van der Waals surface area contributed by atoms with Crippen molar-refractivity contribution < 1.29 is 35.2 Å². The second-order valence-electron chi connectivity index (χ2n) is 6.64. The van der Waals surface area contributed by atoms with Gasteiger partial charge in [-0.2, -0.15) is 13.2 Å². The van der Waals surface area contributed by atoms with Crippen molar-refractivity contribution in [1.82, 2.24) is 5.32 Å². The second kappa shape index (κ2) is 9.78. The Bertz CT molecular complexity index is 1190. The Balaban J connectivity index is 2.42. The van der Waals surface area contributed by atoms with E-state index in [1.807, 2.05) is 0 Å². The number of carbonyl (C=O) groups excluding carboxylic acids is 1. The minimum atomic E-state index is -5.04. The van der Waals surface area contributed by atoms with Crippen LogP contribution in [0.4, 0.5) is 27.6 Å². The van der Waals surface area contributed by atoms with Gasteiger partial charge in [0.1, 0.15) is 17.3 Å². The lowest BCUT2D eigenvalue weighted by Gasteiger charge is -2.14. The second-order valence-corrected chi connectivity index (χ2v) is 8.98. The van der Waals surface area contributed by atoms with E-state index >= 15 is 0 Å². The van der Waals surface area contributed by atoms with Crippen molar-refractivity contribution in [3.63, 3.8) is 0 Å². The normalized spacial score (nSPS) is 13.9. The van der Waals surface area contributed by atoms with E-state index in [-0.39, 0.29) is 5.02 Å². The molecule has 2 rings (SSSR count). The minimum absolute atomic E-state index is 0.295. The average Bonchev–Trinajstić information content (AvgIpc) is 2.66. The summed E-state index contributed by atoms with van der Waals surface area (Å²) in [6.45, 7) is 1.38. The zero-order chi connectivity index (χ0) is 24.3. The van der Waals surface area contributed by atoms with Crippen LogP contribution in [0.2, 0.25) is 5.02 Å². The number of alkyl halides is 3. The molecule has 5 nitrogen and oxygen atoms in total. The monoisotopic (exact) mass is 494 g/mol. The molecule has 2 aromatic carbocycles. The highest BCUT2D eigenvalue weighted by Crippen LogP contribution is 2.31. The highest BCUT2D eigenvalue weighted by Gasteiger charge is 2.38. The van der Waals surface area contributed by atoms with Crippen LogP contribution in [0.5, 0.6) is 0 Å². The summed E-state index contributed by atoms with van der Waals surface area (Å²) in [5.74, 6) is -3.82. The lowest BCUT2D eigenvalue weighted by molar-refractivity contribution is -0.0580. The van der Waals surface area contributed by atoms with Crippen molar-refractivity contribution in [2.45, 2.75) is 19.1 Å². The van der Waals surface area contributed by atoms with E-state index in [2.05, 4.69) is 10.3 Å². The maximum absolute atomic E-state index is 14.4. The van der Waals surface area contributed by atoms with Crippen molar-refractivity contribution in [3.05, 3.63) is 75.7 Å². The maximum Gasteiger partial charge on any atom is 0.434 e. The molecule has 172 valence electrons. The number of nitrogens with zero attached hydrogens (tertiary/aromatic N) is 1. The lowest BCUT2D eigenvalue weighted by Crippen LogP contribution is -2.32. The van der Waals surface area contributed by atoms with Crippen LogP contribution in [-0.2, 0) is 9.84 Å². The fourth-order valence-corrected chi connectivity index (χ4v) is 3.19. The number of rotatable bonds is 6. The van der Waals surface area contributed by atoms with Gasteiger partial charge in [-0.05, 0) is 19.1 Å². The standard InChI is InChI=1S/C20H16ClF5N2O3S/c1-11(7-8-32(2,30)31)27-19(29)13-9-16(23)17(10-15(13)22)28-18(20(24,25)26)12-5-3-4-6-14(12)21/h3-11H,1-2H3,(H,27,29)/b8-7+,28-18?/t11-/m1/s1. The summed E-state index contributed by atoms with van der Waals surface area (Å²) < 4.78 is 91.5. The van der Waals surface area contributed by atoms with Crippen molar-refractivity contribution in [2.75, 3.05) is 6.26 Å². The van der Waals surface area contributed by atoms with Crippen LogP contribution in [0.3, 0.4) is 0 Å². The quantitative estimate of drug-likeness (QED) is 0.454. The lowest BCUT2D eigenvalue weighted by atomic mass is 10.1. The predicted octanol–water partition coefficient (Wildman–Crippen LogP) is 4.98. The summed E-state index contributed by atoms with van der Waals surface area (Å²) in [5, 5.41) is 2.75. The number of carbonyl (C=O) groups is 1. The van der Waals surface area contributed by atoms with Gasteiger partial charge in [0, 0.05) is 34.4 Å². The number of hydrogen-bond donors (Lipinski definition) is 1. The fourth-order valence-electron chi connectivity index (χ4n) is 2.44. The van der Waals surface area contributed by atoms with Crippen LogP contribution in [0.1, 0.15) is 22.8 Å². The molecule has 0 aromatic heterocycles. The molecule has 0 fully saturated rings. The Kier molecular flexibility index (Phi) is 7.79. The van der Waals surface area contributed by atoms with Gasteiger partial charge in [-0.3, -0.25) is 4.79 Å². The summed E-state index contributed by atoms with van der Waals surface area (Å²) in [6, 6.07) is 4.75. The van der Waals surface area contributed by atoms with E-state index in [4.69, 9.17) is 11.6 Å². The first-order chi connectivity index (χ1) is 14.7. The van der Waals surface area contributed by atoms with E-state index in [0.29, 0.717) is 12.1 Å². The van der Waals surface area contributed by atoms with Gasteiger partial charge in [-0.25, -0.2) is 22.2 Å². The van der Waals surface area contributed by atoms with Crippen LogP contribution < -0.4 is 5.32 Å². The number of aliphatic imine (C=N–C) groups is 1. The first-order valence-electron chi connectivity index (χ1n) is 8.78. The molecule has 1 N–H and O–H groups in total. The number of sulfone groups is 1. The molecule has 0 bridgehead atoms. The molecule has 0 aliphatic carbocycles. The Labute approximate surface area is 185 Å². The topological polar surface area (TPSA) is 75.6 Å². The summed E-state index contributed by atoms with van der Waals surface area (Å²) in [4.78, 5) is 15.4. The number of benzene rings is 2. The van der Waals surface area contributed by atoms with Crippen LogP contribution in [0, 0.1) is 11.6 Å². The van der Waals surface area contributed by atoms with Crippen molar-refractivity contribution >= 4 is 38.7 Å². The molecular formula is C20H16ClF5N2O3S. The summed E-state index contributed by atoms with van der Waals surface area (Å²) >= 11 is 5.79. The third kappa shape index (κ3) is 6.86. The number of hydrogen-bond acceptors (Lipinski definition) is 4. The van der Waals surface area contributed by atoms with Gasteiger partial charge in [0.2, 0.25) is 0 Å². The Hall–Kier alpha value is -2.79.